The van der Waals surface area contributed by atoms with Crippen molar-refractivity contribution in [3.63, 3.8) is 0 Å². The van der Waals surface area contributed by atoms with E-state index in [4.69, 9.17) is 4.74 Å². The summed E-state index contributed by atoms with van der Waals surface area (Å²) in [5.41, 5.74) is 1.29. The molecule has 0 aliphatic carbocycles. The van der Waals surface area contributed by atoms with Gasteiger partial charge in [-0.15, -0.1) is 0 Å². The maximum absolute atomic E-state index is 5.84. The number of hydrogen-bond donors (Lipinski definition) is 0. The minimum absolute atomic E-state index is 0.722. The van der Waals surface area contributed by atoms with Crippen LogP contribution in [0.15, 0.2) is 36.4 Å². The fraction of sp³-hybridized carbons (Fsp3) is 0.333. The first-order chi connectivity index (χ1) is 8.18. The molecule has 2 nitrogen and oxygen atoms in total. The Morgan fingerprint density at radius 3 is 2.41 bits per heavy atom. The van der Waals surface area contributed by atoms with Crippen LogP contribution in [0.5, 0.6) is 5.75 Å². The lowest BCUT2D eigenvalue weighted by molar-refractivity contribution is 0.263. The summed E-state index contributed by atoms with van der Waals surface area (Å²) >= 11 is 0. The maximum Gasteiger partial charge on any atom is 0.127 e. The summed E-state index contributed by atoms with van der Waals surface area (Å²) in [6, 6.07) is 12.6. The molecule has 2 rings (SSSR count). The fourth-order valence-electron chi connectivity index (χ4n) is 1.89. The maximum atomic E-state index is 5.84. The van der Waals surface area contributed by atoms with Gasteiger partial charge in [0.25, 0.3) is 0 Å². The van der Waals surface area contributed by atoms with E-state index in [0.717, 1.165) is 18.9 Å². The highest BCUT2D eigenvalue weighted by Crippen LogP contribution is 2.27. The van der Waals surface area contributed by atoms with E-state index < -0.39 is 0 Å². The summed E-state index contributed by atoms with van der Waals surface area (Å²) in [6.07, 6.45) is 0. The van der Waals surface area contributed by atoms with Crippen LogP contribution in [-0.2, 0) is 0 Å². The molecule has 90 valence electrons. The molecule has 0 heterocycles. The minimum Gasteiger partial charge on any atom is -0.492 e. The Hall–Kier alpha value is -1.54. The fourth-order valence-corrected chi connectivity index (χ4v) is 1.89. The molecule has 0 fully saturated rings. The summed E-state index contributed by atoms with van der Waals surface area (Å²) in [6.45, 7) is 3.79. The Bertz CT molecular complexity index is 505. The molecule has 0 spiro atoms. The Balaban J connectivity index is 2.26. The molecule has 0 atom stereocenters. The lowest BCUT2D eigenvalue weighted by Crippen LogP contribution is -2.19. The van der Waals surface area contributed by atoms with E-state index in [1.54, 1.807) is 0 Å². The van der Waals surface area contributed by atoms with Crippen molar-refractivity contribution in [1.29, 1.82) is 0 Å². The van der Waals surface area contributed by atoms with Gasteiger partial charge in [0.15, 0.2) is 0 Å². The van der Waals surface area contributed by atoms with Crippen LogP contribution in [0.1, 0.15) is 5.56 Å². The quantitative estimate of drug-likeness (QED) is 0.799. The van der Waals surface area contributed by atoms with Crippen LogP contribution in [0.3, 0.4) is 0 Å². The zero-order valence-corrected chi connectivity index (χ0v) is 10.7. The Morgan fingerprint density at radius 2 is 1.71 bits per heavy atom. The van der Waals surface area contributed by atoms with E-state index in [1.807, 2.05) is 0 Å². The van der Waals surface area contributed by atoms with E-state index in [2.05, 4.69) is 62.3 Å². The zero-order valence-electron chi connectivity index (χ0n) is 10.7. The molecule has 0 aromatic heterocycles. The van der Waals surface area contributed by atoms with E-state index in [-0.39, 0.29) is 0 Å². The average molecular weight is 229 g/mol. The van der Waals surface area contributed by atoms with Gasteiger partial charge in [-0.2, -0.15) is 0 Å². The lowest BCUT2D eigenvalue weighted by Gasteiger charge is -2.13. The summed E-state index contributed by atoms with van der Waals surface area (Å²) in [5, 5.41) is 2.47. The summed E-state index contributed by atoms with van der Waals surface area (Å²) in [7, 11) is 4.10. The third-order valence-electron chi connectivity index (χ3n) is 2.90. The van der Waals surface area contributed by atoms with E-state index >= 15 is 0 Å². The number of nitrogens with zero attached hydrogens (tertiary/aromatic N) is 1. The van der Waals surface area contributed by atoms with Gasteiger partial charge in [-0.3, -0.25) is 0 Å². The van der Waals surface area contributed by atoms with Crippen LogP contribution < -0.4 is 4.74 Å². The lowest BCUT2D eigenvalue weighted by atomic mass is 10.1. The molecule has 2 aromatic rings. The normalized spacial score (nSPS) is 11.1. The monoisotopic (exact) mass is 229 g/mol. The first-order valence-corrected chi connectivity index (χ1v) is 5.94. The number of aryl methyl sites for hydroxylation is 1. The molecular formula is C15H19NO. The summed E-state index contributed by atoms with van der Waals surface area (Å²) in [4.78, 5) is 2.12. The second-order valence-corrected chi connectivity index (χ2v) is 4.58. The highest BCUT2D eigenvalue weighted by atomic mass is 16.5. The smallest absolute Gasteiger partial charge is 0.127 e. The number of ether oxygens (including phenoxy) is 1. The van der Waals surface area contributed by atoms with Gasteiger partial charge in [-0.05, 0) is 38.0 Å². The minimum atomic E-state index is 0.722. The van der Waals surface area contributed by atoms with Gasteiger partial charge in [-0.1, -0.05) is 30.3 Å². The van der Waals surface area contributed by atoms with Crippen LogP contribution in [0.2, 0.25) is 0 Å². The second-order valence-electron chi connectivity index (χ2n) is 4.58. The van der Waals surface area contributed by atoms with E-state index in [9.17, 15) is 0 Å². The van der Waals surface area contributed by atoms with Crippen molar-refractivity contribution in [3.8, 4) is 5.75 Å². The molecule has 0 radical (unpaired) electrons. The molecule has 17 heavy (non-hydrogen) atoms. The Morgan fingerprint density at radius 1 is 1.00 bits per heavy atom. The van der Waals surface area contributed by atoms with Crippen LogP contribution in [0, 0.1) is 6.92 Å². The predicted octanol–water partition coefficient (Wildman–Crippen LogP) is 3.09. The number of rotatable bonds is 4. The van der Waals surface area contributed by atoms with Crippen LogP contribution in [0.4, 0.5) is 0 Å². The van der Waals surface area contributed by atoms with Crippen LogP contribution >= 0.6 is 0 Å². The molecule has 0 aliphatic heterocycles. The Labute approximate surface area is 103 Å². The molecule has 0 N–H and O–H groups in total. The highest BCUT2D eigenvalue weighted by molar-refractivity contribution is 5.90. The standard InChI is InChI=1S/C15H19NO/c1-12-8-9-15(17-11-10-16(2)3)14-7-5-4-6-13(12)14/h4-9H,10-11H2,1-3H3. The highest BCUT2D eigenvalue weighted by Gasteiger charge is 2.03. The van der Waals surface area contributed by atoms with Gasteiger partial charge < -0.3 is 9.64 Å². The molecule has 2 heteroatoms. The van der Waals surface area contributed by atoms with Crippen molar-refractivity contribution in [2.45, 2.75) is 6.92 Å². The predicted molar refractivity (Wildman–Crippen MR) is 72.7 cm³/mol. The van der Waals surface area contributed by atoms with Gasteiger partial charge in [-0.25, -0.2) is 0 Å². The molecule has 0 unspecified atom stereocenters. The Kier molecular flexibility index (Phi) is 3.64. The zero-order chi connectivity index (χ0) is 12.3. The van der Waals surface area contributed by atoms with Crippen LogP contribution in [0.25, 0.3) is 10.8 Å². The average Bonchev–Trinajstić information content (AvgIpc) is 2.32. The summed E-state index contributed by atoms with van der Waals surface area (Å²) < 4.78 is 5.84. The summed E-state index contributed by atoms with van der Waals surface area (Å²) in [5.74, 6) is 0.980. The molecule has 0 bridgehead atoms. The van der Waals surface area contributed by atoms with Gasteiger partial charge in [0.2, 0.25) is 0 Å². The van der Waals surface area contributed by atoms with Gasteiger partial charge >= 0.3 is 0 Å². The number of benzene rings is 2. The molecule has 0 amide bonds. The molecule has 0 aliphatic rings. The van der Waals surface area contributed by atoms with Crippen molar-refractivity contribution in [2.24, 2.45) is 0 Å². The van der Waals surface area contributed by atoms with Crippen molar-refractivity contribution < 1.29 is 4.74 Å². The van der Waals surface area contributed by atoms with Crippen molar-refractivity contribution in [1.82, 2.24) is 4.90 Å². The van der Waals surface area contributed by atoms with E-state index in [1.165, 1.54) is 16.3 Å². The second kappa shape index (κ2) is 5.19. The topological polar surface area (TPSA) is 12.5 Å². The van der Waals surface area contributed by atoms with E-state index in [0.29, 0.717) is 0 Å². The molecule has 2 aromatic carbocycles. The molecular weight excluding hydrogens is 210 g/mol. The SMILES string of the molecule is Cc1ccc(OCCN(C)C)c2ccccc12. The van der Waals surface area contributed by atoms with Gasteiger partial charge in [0.1, 0.15) is 12.4 Å². The first-order valence-electron chi connectivity index (χ1n) is 5.94. The number of hydrogen-bond acceptors (Lipinski definition) is 2. The third-order valence-corrected chi connectivity index (χ3v) is 2.90. The van der Waals surface area contributed by atoms with Crippen LogP contribution in [-0.4, -0.2) is 32.1 Å². The van der Waals surface area contributed by atoms with Crippen molar-refractivity contribution in [2.75, 3.05) is 27.2 Å². The van der Waals surface area contributed by atoms with Gasteiger partial charge in [0.05, 0.1) is 0 Å². The third kappa shape index (κ3) is 2.77. The number of likely N-dealkylation sites (N-methyl/N-ethyl adjacent to an activating group) is 1. The largest absolute Gasteiger partial charge is 0.492 e. The molecule has 0 saturated heterocycles. The molecule has 0 saturated carbocycles. The van der Waals surface area contributed by atoms with Gasteiger partial charge in [0, 0.05) is 11.9 Å². The van der Waals surface area contributed by atoms with Crippen molar-refractivity contribution >= 4 is 10.8 Å². The van der Waals surface area contributed by atoms with Crippen molar-refractivity contribution in [3.05, 3.63) is 42.0 Å². The number of fused-ring (bicyclic) bond motifs is 1. The first kappa shape index (κ1) is 11.9.